The normalized spacial score (nSPS) is 8.00. The van der Waals surface area contributed by atoms with Crippen LogP contribution < -0.4 is 33.1 Å². The second-order valence-corrected chi connectivity index (χ2v) is 1.55. The highest BCUT2D eigenvalue weighted by molar-refractivity contribution is 5.20. The zero-order valence-electron chi connectivity index (χ0n) is 6.07. The van der Waals surface area contributed by atoms with E-state index < -0.39 is 0 Å². The predicted molar refractivity (Wildman–Crippen MR) is 39.5 cm³/mol. The molecule has 12 heavy (non-hydrogen) atoms. The molecule has 0 radical (unpaired) electrons. The Morgan fingerprint density at radius 1 is 1.42 bits per heavy atom. The number of anilines is 2. The number of aromatic amines is 1. The van der Waals surface area contributed by atoms with E-state index in [1.54, 1.807) is 0 Å². The van der Waals surface area contributed by atoms with Crippen molar-refractivity contribution in [1.82, 2.24) is 10.2 Å². The summed E-state index contributed by atoms with van der Waals surface area (Å²) in [5.74, 6) is 16.0. The average Bonchev–Trinajstić information content (AvgIpc) is 2.49. The summed E-state index contributed by atoms with van der Waals surface area (Å²) in [6.07, 6.45) is 0. The second kappa shape index (κ2) is 4.72. The van der Waals surface area contributed by atoms with Crippen molar-refractivity contribution in [2.75, 3.05) is 16.7 Å². The highest BCUT2D eigenvalue weighted by Gasteiger charge is 2.12. The number of rotatable bonds is 2. The Bertz CT molecular complexity index is 226. The summed E-state index contributed by atoms with van der Waals surface area (Å²) in [4.78, 5) is 0. The van der Waals surface area contributed by atoms with Gasteiger partial charge in [0.15, 0.2) is 0 Å². The molecule has 0 saturated carbocycles. The third-order valence-electron chi connectivity index (χ3n) is 1.00. The summed E-state index contributed by atoms with van der Waals surface area (Å²) in [5, 5.41) is 12.4. The van der Waals surface area contributed by atoms with E-state index in [0.717, 1.165) is 4.68 Å². The van der Waals surface area contributed by atoms with Gasteiger partial charge in [-0.1, -0.05) is 0 Å². The van der Waals surface area contributed by atoms with Gasteiger partial charge < -0.3 is 17.7 Å². The van der Waals surface area contributed by atoms with Gasteiger partial charge in [-0.25, -0.2) is 22.5 Å². The fraction of sp³-hybridized carbons (Fsp3) is 0. The van der Waals surface area contributed by atoms with E-state index in [-0.39, 0.29) is 5.95 Å². The van der Waals surface area contributed by atoms with Crippen molar-refractivity contribution in [2.24, 2.45) is 11.7 Å². The molecule has 0 bridgehead atoms. The zero-order valence-corrected chi connectivity index (χ0v) is 6.07. The first-order valence-electron chi connectivity index (χ1n) is 2.70. The first-order chi connectivity index (χ1) is 5.79. The molecule has 0 amide bonds. The van der Waals surface area contributed by atoms with Crippen molar-refractivity contribution in [3.63, 3.8) is 0 Å². The van der Waals surface area contributed by atoms with Gasteiger partial charge in [0.1, 0.15) is 0 Å². The lowest BCUT2D eigenvalue weighted by molar-refractivity contribution is -0.609. The molecule has 1 aromatic heterocycles. The molecule has 0 unspecified atom stereocenters. The van der Waals surface area contributed by atoms with Crippen molar-refractivity contribution < 1.29 is 4.68 Å². The van der Waals surface area contributed by atoms with Gasteiger partial charge in [0, 0.05) is 0 Å². The van der Waals surface area contributed by atoms with E-state index in [1.807, 2.05) is 0 Å². The number of nitrogen functional groups attached to an aromatic ring is 3. The molecule has 0 fully saturated rings. The molecule has 0 aromatic carbocycles. The molecule has 9 heteroatoms. The van der Waals surface area contributed by atoms with Crippen LogP contribution in [0.25, 0.3) is 0 Å². The number of nitrogens with two attached hydrogens (primary N) is 3. The van der Waals surface area contributed by atoms with Crippen molar-refractivity contribution in [1.29, 1.82) is 5.26 Å². The number of nitrogens with one attached hydrogen (secondary N) is 3. The Hall–Kier alpha value is -2.05. The van der Waals surface area contributed by atoms with Crippen LogP contribution in [0.15, 0.2) is 0 Å². The summed E-state index contributed by atoms with van der Waals surface area (Å²) < 4.78 is 1.14. The fourth-order valence-corrected chi connectivity index (χ4v) is 0.523. The molecule has 0 atom stereocenters. The molecule has 1 heterocycles. The van der Waals surface area contributed by atoms with Gasteiger partial charge in [0.25, 0.3) is 0 Å². The Labute approximate surface area is 68.1 Å². The molecule has 1 aromatic rings. The molecule has 1 rings (SSSR count). The van der Waals surface area contributed by atoms with E-state index in [4.69, 9.17) is 29.4 Å². The fourth-order valence-electron chi connectivity index (χ4n) is 0.523. The number of hydrogen-bond acceptors (Lipinski definition) is 7. The molecule has 66 valence electrons. The number of nitrogens with zero attached hydrogens (tertiary/aromatic N) is 3. The Morgan fingerprint density at radius 2 is 2.00 bits per heavy atom. The van der Waals surface area contributed by atoms with Crippen LogP contribution in [-0.4, -0.2) is 10.2 Å². The van der Waals surface area contributed by atoms with Gasteiger partial charge in [-0.3, -0.25) is 0 Å². The smallest absolute Gasteiger partial charge is 0.385 e. The van der Waals surface area contributed by atoms with Crippen LogP contribution in [0.1, 0.15) is 0 Å². The highest BCUT2D eigenvalue weighted by atomic mass is 15.6. The van der Waals surface area contributed by atoms with Gasteiger partial charge in [-0.15, -0.1) is 9.77 Å². The summed E-state index contributed by atoms with van der Waals surface area (Å²) in [7, 11) is 0. The number of aromatic nitrogens is 3. The molecular formula is C3H9N9. The van der Waals surface area contributed by atoms with E-state index in [0.29, 0.717) is 5.95 Å². The molecule has 0 saturated heterocycles. The third kappa shape index (κ3) is 1.72. The summed E-state index contributed by atoms with van der Waals surface area (Å²) in [6.45, 7) is 4.75. The maximum Gasteiger partial charge on any atom is 0.385 e. The first kappa shape index (κ1) is 9.95. The van der Waals surface area contributed by atoms with Gasteiger partial charge in [0.2, 0.25) is 0 Å². The van der Waals surface area contributed by atoms with Crippen molar-refractivity contribution in [3.05, 3.63) is 6.57 Å². The lowest BCUT2D eigenvalue weighted by Gasteiger charge is -1.92. The van der Waals surface area contributed by atoms with Crippen LogP contribution in [0.4, 0.5) is 11.9 Å². The maximum atomic E-state index is 6.25. The molecule has 0 aliphatic heterocycles. The lowest BCUT2D eigenvalue weighted by atomic mass is 11.0. The van der Waals surface area contributed by atoms with Crippen molar-refractivity contribution in [3.8, 4) is 0 Å². The van der Waals surface area contributed by atoms with Crippen LogP contribution in [0.3, 0.4) is 0 Å². The van der Waals surface area contributed by atoms with E-state index in [1.165, 1.54) is 0 Å². The SMILES string of the molecule is NNc1n[nH]c(NN)[n+]1N.[C-]#N. The van der Waals surface area contributed by atoms with Gasteiger partial charge in [0.05, 0.1) is 0 Å². The molecule has 0 aliphatic rings. The monoisotopic (exact) mass is 171 g/mol. The number of hydrazine groups is 2. The molecule has 0 aliphatic carbocycles. The number of H-pyrrole nitrogens is 1. The van der Waals surface area contributed by atoms with E-state index >= 15 is 0 Å². The van der Waals surface area contributed by atoms with Crippen LogP contribution in [0.2, 0.25) is 0 Å². The highest BCUT2D eigenvalue weighted by Crippen LogP contribution is 1.91. The molecular weight excluding hydrogens is 162 g/mol. The predicted octanol–water partition coefficient (Wildman–Crippen LogP) is -2.92. The topological polar surface area (TPSA) is 158 Å². The standard InChI is InChI=1S/C2H8N8.CN/c3-6-1-8-9-2(7-4)10(1)5;1-2/h3-5H2,(H2,6,7,8,9);/q;-1/p+1. The quantitative estimate of drug-likeness (QED) is 0.120. The number of hydrogen-bond donors (Lipinski definition) is 6. The van der Waals surface area contributed by atoms with Gasteiger partial charge >= 0.3 is 11.9 Å². The van der Waals surface area contributed by atoms with Crippen LogP contribution in [-0.2, 0) is 0 Å². The Balaban J connectivity index is 0.000000561. The molecule has 0 spiro atoms. The molecule has 9 N–H and O–H groups in total. The minimum atomic E-state index is 0.285. The van der Waals surface area contributed by atoms with Gasteiger partial charge in [-0.05, 0) is 5.10 Å². The van der Waals surface area contributed by atoms with E-state index in [9.17, 15) is 0 Å². The zero-order chi connectivity index (χ0) is 9.56. The minimum Gasteiger partial charge on any atom is -0.512 e. The van der Waals surface area contributed by atoms with Crippen molar-refractivity contribution >= 4 is 11.9 Å². The Kier molecular flexibility index (Phi) is 3.91. The van der Waals surface area contributed by atoms with Crippen molar-refractivity contribution in [2.45, 2.75) is 0 Å². The van der Waals surface area contributed by atoms with Crippen LogP contribution >= 0.6 is 0 Å². The summed E-state index contributed by atoms with van der Waals surface area (Å²) in [5.41, 5.74) is 4.52. The average molecular weight is 171 g/mol. The summed E-state index contributed by atoms with van der Waals surface area (Å²) in [6, 6.07) is 0. The second-order valence-electron chi connectivity index (χ2n) is 1.55. The lowest BCUT2D eigenvalue weighted by Crippen LogP contribution is -2.49. The molecule has 9 nitrogen and oxygen atoms in total. The van der Waals surface area contributed by atoms with Crippen LogP contribution in [0.5, 0.6) is 0 Å². The van der Waals surface area contributed by atoms with Gasteiger partial charge in [-0.2, -0.15) is 0 Å². The maximum absolute atomic E-state index is 6.25. The Morgan fingerprint density at radius 3 is 2.25 bits per heavy atom. The van der Waals surface area contributed by atoms with Crippen LogP contribution in [0, 0.1) is 11.8 Å². The third-order valence-corrected chi connectivity index (χ3v) is 1.00. The first-order valence-corrected chi connectivity index (χ1v) is 2.70. The minimum absolute atomic E-state index is 0.285. The largest absolute Gasteiger partial charge is 0.512 e. The summed E-state index contributed by atoms with van der Waals surface area (Å²) >= 11 is 0. The van der Waals surface area contributed by atoms with E-state index in [2.05, 4.69) is 21.0 Å².